The van der Waals surface area contributed by atoms with Crippen molar-refractivity contribution in [1.29, 1.82) is 0 Å². The highest BCUT2D eigenvalue weighted by Gasteiger charge is 2.32. The second-order valence-electron chi connectivity index (χ2n) is 10.2. The molecule has 0 unspecified atom stereocenters. The lowest BCUT2D eigenvalue weighted by molar-refractivity contribution is -0.139. The summed E-state index contributed by atoms with van der Waals surface area (Å²) in [4.78, 5) is 17.6. The fourth-order valence-electron chi connectivity index (χ4n) is 4.84. The van der Waals surface area contributed by atoms with Gasteiger partial charge in [0.2, 0.25) is 0 Å². The van der Waals surface area contributed by atoms with Gasteiger partial charge in [-0.3, -0.25) is 9.69 Å². The number of ether oxygens (including phenoxy) is 1. The summed E-state index contributed by atoms with van der Waals surface area (Å²) in [6.45, 7) is 6.34. The number of hydrogen-bond acceptors (Lipinski definition) is 6. The maximum atomic E-state index is 13.3. The molecular formula is C30H35ClFN3O4S. The molecule has 2 atom stereocenters. The normalized spacial score (nSPS) is 18.1. The Bertz CT molecular complexity index is 1390. The number of carbonyl (C=O) groups excluding carboxylic acids is 1. The molecule has 1 heterocycles. The monoisotopic (exact) mass is 587 g/mol. The largest absolute Gasteiger partial charge is 0.483 e. The molecule has 3 aromatic carbocycles. The van der Waals surface area contributed by atoms with Crippen molar-refractivity contribution in [2.75, 3.05) is 32.1 Å². The van der Waals surface area contributed by atoms with Crippen LogP contribution in [0.25, 0.3) is 0 Å². The fourth-order valence-corrected chi connectivity index (χ4v) is 6.18. The maximum absolute atomic E-state index is 13.3. The number of nitrogens with zero attached hydrogens (tertiary/aromatic N) is 2. The van der Waals surface area contributed by atoms with Crippen LogP contribution < -0.4 is 10.1 Å². The number of hydrogen-bond donors (Lipinski definition) is 1. The summed E-state index contributed by atoms with van der Waals surface area (Å²) in [5.74, 6) is 0.00158. The van der Waals surface area contributed by atoms with Crippen LogP contribution in [0.5, 0.6) is 5.75 Å². The second-order valence-corrected chi connectivity index (χ2v) is 12.6. The number of sulfone groups is 1. The van der Waals surface area contributed by atoms with Gasteiger partial charge in [0.05, 0.1) is 4.90 Å². The molecule has 214 valence electrons. The van der Waals surface area contributed by atoms with Crippen molar-refractivity contribution >= 4 is 27.3 Å². The molecule has 0 spiro atoms. The van der Waals surface area contributed by atoms with Gasteiger partial charge in [-0.2, -0.15) is 0 Å². The quantitative estimate of drug-likeness (QED) is 0.332. The van der Waals surface area contributed by atoms with Crippen molar-refractivity contribution in [2.45, 2.75) is 43.8 Å². The van der Waals surface area contributed by atoms with Gasteiger partial charge in [-0.15, -0.1) is 0 Å². The van der Waals surface area contributed by atoms with Gasteiger partial charge in [0.15, 0.2) is 16.4 Å². The zero-order valence-corrected chi connectivity index (χ0v) is 24.3. The lowest BCUT2D eigenvalue weighted by Gasteiger charge is -2.44. The maximum Gasteiger partial charge on any atom is 0.260 e. The zero-order valence-electron chi connectivity index (χ0n) is 22.7. The van der Waals surface area contributed by atoms with E-state index in [9.17, 15) is 17.6 Å². The van der Waals surface area contributed by atoms with Gasteiger partial charge in [0.25, 0.3) is 5.91 Å². The number of piperazine rings is 1. The van der Waals surface area contributed by atoms with Gasteiger partial charge in [0, 0.05) is 43.3 Å². The van der Waals surface area contributed by atoms with Crippen molar-refractivity contribution in [3.63, 3.8) is 0 Å². The predicted octanol–water partition coefficient (Wildman–Crippen LogP) is 4.54. The third-order valence-corrected chi connectivity index (χ3v) is 8.88. The molecule has 3 aromatic rings. The van der Waals surface area contributed by atoms with E-state index in [0.717, 1.165) is 11.1 Å². The van der Waals surface area contributed by atoms with E-state index in [2.05, 4.69) is 17.1 Å². The molecule has 0 radical (unpaired) electrons. The smallest absolute Gasteiger partial charge is 0.260 e. The Morgan fingerprint density at radius 3 is 2.48 bits per heavy atom. The number of benzene rings is 3. The van der Waals surface area contributed by atoms with E-state index < -0.39 is 9.84 Å². The van der Waals surface area contributed by atoms with Crippen LogP contribution in [0.15, 0.2) is 77.7 Å². The van der Waals surface area contributed by atoms with Gasteiger partial charge >= 0.3 is 0 Å². The van der Waals surface area contributed by atoms with Crippen molar-refractivity contribution in [2.24, 2.45) is 0 Å². The van der Waals surface area contributed by atoms with E-state index >= 15 is 0 Å². The molecule has 1 N–H and O–H groups in total. The first-order chi connectivity index (χ1) is 19.1. The van der Waals surface area contributed by atoms with E-state index in [1.165, 1.54) is 12.1 Å². The van der Waals surface area contributed by atoms with E-state index in [4.69, 9.17) is 16.3 Å². The Kier molecular flexibility index (Phi) is 10.2. The SMILES string of the molecule is C[C@@H]1CN(Cc2ccc(F)cc2)[C@@H](C)CN1C(=O)COc1ccc(Cl)cc1CCNCS(=O)(=O)c1ccccc1. The summed E-state index contributed by atoms with van der Waals surface area (Å²) >= 11 is 6.21. The highest BCUT2D eigenvalue weighted by Crippen LogP contribution is 2.24. The number of carbonyl (C=O) groups is 1. The Morgan fingerprint density at radius 1 is 1.02 bits per heavy atom. The van der Waals surface area contributed by atoms with Crippen LogP contribution in [0, 0.1) is 5.82 Å². The summed E-state index contributed by atoms with van der Waals surface area (Å²) in [6, 6.07) is 20.2. The molecule has 0 saturated carbocycles. The molecule has 7 nitrogen and oxygen atoms in total. The van der Waals surface area contributed by atoms with Gasteiger partial charge in [0.1, 0.15) is 17.4 Å². The van der Waals surface area contributed by atoms with E-state index in [1.807, 2.05) is 11.8 Å². The van der Waals surface area contributed by atoms with Crippen LogP contribution in [-0.4, -0.2) is 68.3 Å². The van der Waals surface area contributed by atoms with Crippen LogP contribution >= 0.6 is 11.6 Å². The summed E-state index contributed by atoms with van der Waals surface area (Å²) in [5, 5.41) is 3.52. The minimum absolute atomic E-state index is 0.00630. The van der Waals surface area contributed by atoms with Gasteiger partial charge in [-0.1, -0.05) is 41.9 Å². The molecule has 1 aliphatic rings. The molecule has 0 aromatic heterocycles. The molecule has 4 rings (SSSR count). The minimum Gasteiger partial charge on any atom is -0.483 e. The number of rotatable bonds is 11. The minimum atomic E-state index is -3.44. The number of nitrogens with one attached hydrogen (secondary N) is 1. The Hall–Kier alpha value is -2.98. The highest BCUT2D eigenvalue weighted by atomic mass is 35.5. The Labute approximate surface area is 240 Å². The number of halogens is 2. The first kappa shape index (κ1) is 30.0. The van der Waals surface area contributed by atoms with Crippen molar-refractivity contribution in [1.82, 2.24) is 15.1 Å². The lowest BCUT2D eigenvalue weighted by Crippen LogP contribution is -2.58. The third-order valence-electron chi connectivity index (χ3n) is 7.07. The first-order valence-corrected chi connectivity index (χ1v) is 15.3. The summed E-state index contributed by atoms with van der Waals surface area (Å²) in [6.07, 6.45) is 0.476. The lowest BCUT2D eigenvalue weighted by atomic mass is 10.1. The molecule has 1 aliphatic heterocycles. The molecule has 1 saturated heterocycles. The summed E-state index contributed by atoms with van der Waals surface area (Å²) in [5.41, 5.74) is 1.82. The zero-order chi connectivity index (χ0) is 28.7. The van der Waals surface area contributed by atoms with Crippen LogP contribution in [0.1, 0.15) is 25.0 Å². The topological polar surface area (TPSA) is 79.0 Å². The average Bonchev–Trinajstić information content (AvgIpc) is 2.94. The number of amides is 1. The fraction of sp³-hybridized carbons (Fsp3) is 0.367. The molecule has 1 amide bonds. The molecular weight excluding hydrogens is 553 g/mol. The molecule has 1 fully saturated rings. The standard InChI is InChI=1S/C30H35ClFN3O4S/c1-22-18-35(23(2)17-34(22)19-24-8-11-27(32)12-9-24)30(36)20-39-29-13-10-26(31)16-25(29)14-15-33-21-40(37,38)28-6-4-3-5-7-28/h3-13,16,22-23,33H,14-15,17-21H2,1-2H3/t22-,23+/m0/s1. The van der Waals surface area contributed by atoms with Gasteiger partial charge in [-0.05, 0) is 73.9 Å². The van der Waals surface area contributed by atoms with Crippen LogP contribution in [0.4, 0.5) is 4.39 Å². The predicted molar refractivity (Wildman–Crippen MR) is 155 cm³/mol. The van der Waals surface area contributed by atoms with Crippen molar-refractivity contribution in [3.8, 4) is 5.75 Å². The molecule has 0 aliphatic carbocycles. The molecule has 40 heavy (non-hydrogen) atoms. The Balaban J connectivity index is 1.29. The Morgan fingerprint density at radius 2 is 1.75 bits per heavy atom. The first-order valence-electron chi connectivity index (χ1n) is 13.3. The van der Waals surface area contributed by atoms with E-state index in [-0.39, 0.29) is 41.2 Å². The van der Waals surface area contributed by atoms with E-state index in [0.29, 0.717) is 43.4 Å². The molecule has 10 heteroatoms. The van der Waals surface area contributed by atoms with Gasteiger partial charge in [-0.25, -0.2) is 12.8 Å². The van der Waals surface area contributed by atoms with Crippen LogP contribution in [0.2, 0.25) is 5.02 Å². The van der Waals surface area contributed by atoms with Gasteiger partial charge < -0.3 is 15.0 Å². The van der Waals surface area contributed by atoms with Crippen LogP contribution in [0.3, 0.4) is 0 Å². The van der Waals surface area contributed by atoms with Crippen LogP contribution in [-0.2, 0) is 27.6 Å². The molecule has 0 bridgehead atoms. The average molecular weight is 588 g/mol. The van der Waals surface area contributed by atoms with Crippen molar-refractivity contribution < 1.29 is 22.3 Å². The highest BCUT2D eigenvalue weighted by molar-refractivity contribution is 7.91. The second kappa shape index (κ2) is 13.6. The summed E-state index contributed by atoms with van der Waals surface area (Å²) < 4.78 is 44.2. The van der Waals surface area contributed by atoms with E-state index in [1.54, 1.807) is 60.7 Å². The third kappa shape index (κ3) is 8.04. The van der Waals surface area contributed by atoms with Crippen molar-refractivity contribution in [3.05, 3.63) is 94.8 Å². The summed E-state index contributed by atoms with van der Waals surface area (Å²) in [7, 11) is -3.44.